The molecule has 0 saturated heterocycles. The van der Waals surface area contributed by atoms with Crippen molar-refractivity contribution < 1.29 is 154 Å². The van der Waals surface area contributed by atoms with E-state index >= 15 is 0 Å². The first-order chi connectivity index (χ1) is 22.3. The largest absolute Gasteiger partial charge is 0.460 e. The normalized spacial score (nSPS) is 17.5. The van der Waals surface area contributed by atoms with Crippen LogP contribution in [0.2, 0.25) is 0 Å². The quantitative estimate of drug-likeness (QED) is 0.140. The van der Waals surface area contributed by atoms with E-state index in [0.29, 0.717) is 0 Å². The Morgan fingerprint density at radius 3 is 0.566 bits per heavy atom. The average Bonchev–Trinajstić information content (AvgIpc) is 2.89. The van der Waals surface area contributed by atoms with E-state index in [-0.39, 0.29) is 0 Å². The molecule has 0 saturated carbocycles. The molecule has 0 amide bonds. The van der Waals surface area contributed by atoms with Gasteiger partial charge in [-0.3, -0.25) is 0 Å². The molecule has 0 N–H and O–H groups in total. The van der Waals surface area contributed by atoms with Crippen molar-refractivity contribution in [3.63, 3.8) is 0 Å². The summed E-state index contributed by atoms with van der Waals surface area (Å²) in [7, 11) is 0. The van der Waals surface area contributed by atoms with Crippen molar-refractivity contribution in [2.24, 2.45) is 0 Å². The maximum Gasteiger partial charge on any atom is 0.460 e. The number of halogens is 34. The zero-order valence-corrected chi connectivity index (χ0v) is 22.3. The van der Waals surface area contributed by atoms with Crippen LogP contribution >= 0.6 is 0 Å². The highest BCUT2D eigenvalue weighted by Crippen LogP contribution is 2.65. The van der Waals surface area contributed by atoms with Gasteiger partial charge in [0.15, 0.2) is 0 Å². The summed E-state index contributed by atoms with van der Waals surface area (Å²) in [5.41, 5.74) is 0. The topological polar surface area (TPSA) is 9.23 Å². The van der Waals surface area contributed by atoms with Crippen LogP contribution < -0.4 is 0 Å². The molecular formula is C18F34O. The third-order valence-electron chi connectivity index (χ3n) is 5.54. The first kappa shape index (κ1) is 49.9. The lowest BCUT2D eigenvalue weighted by atomic mass is 9.92. The minimum absolute atomic E-state index is 1.38. The van der Waals surface area contributed by atoms with Crippen molar-refractivity contribution in [3.8, 4) is 0 Å². The van der Waals surface area contributed by atoms with Crippen molar-refractivity contribution >= 4 is 0 Å². The fraction of sp³-hybridized carbons (Fsp3) is 0.778. The van der Waals surface area contributed by atoms with Crippen LogP contribution in [0.4, 0.5) is 149 Å². The van der Waals surface area contributed by atoms with Gasteiger partial charge in [-0.25, -0.2) is 0 Å². The molecule has 0 heterocycles. The minimum atomic E-state index is -9.64. The summed E-state index contributed by atoms with van der Waals surface area (Å²) in [4.78, 5) is 0. The SMILES string of the molecule is FC(=C(OC(=C(F)C(F)(F)F)C(F)(F)C(F)(F)C(F)(F)C(F)(F)C(F)(F)C(F)(F)F)C(F)(F)C(F)(F)C(F)(F)C(F)(F)C(F)(F)C(F)(F)F)C(F)(F)F. The Kier molecular flexibility index (Phi) is 12.0. The van der Waals surface area contributed by atoms with Crippen LogP contribution in [0.1, 0.15) is 0 Å². The van der Waals surface area contributed by atoms with E-state index in [1.165, 1.54) is 4.74 Å². The smallest absolute Gasteiger partial charge is 0.447 e. The van der Waals surface area contributed by atoms with Crippen molar-refractivity contribution in [1.29, 1.82) is 0 Å². The molecule has 0 atom stereocenters. The maximum atomic E-state index is 14.3. The fourth-order valence-electron chi connectivity index (χ4n) is 2.68. The van der Waals surface area contributed by atoms with Gasteiger partial charge < -0.3 is 4.74 Å². The van der Waals surface area contributed by atoms with E-state index in [1.54, 1.807) is 0 Å². The van der Waals surface area contributed by atoms with Crippen LogP contribution in [-0.2, 0) is 4.74 Å². The Labute approximate surface area is 262 Å². The van der Waals surface area contributed by atoms with E-state index in [0.717, 1.165) is 0 Å². The molecule has 0 aliphatic carbocycles. The van der Waals surface area contributed by atoms with Crippen LogP contribution in [0.15, 0.2) is 23.2 Å². The van der Waals surface area contributed by atoms with Gasteiger partial charge in [-0.1, -0.05) is 0 Å². The van der Waals surface area contributed by atoms with Crippen LogP contribution in [0.3, 0.4) is 0 Å². The summed E-state index contributed by atoms with van der Waals surface area (Å²) in [6, 6.07) is 0. The van der Waals surface area contributed by atoms with Crippen molar-refractivity contribution in [2.45, 2.75) is 83.9 Å². The van der Waals surface area contributed by atoms with E-state index < -0.39 is 107 Å². The van der Waals surface area contributed by atoms with E-state index in [9.17, 15) is 149 Å². The third kappa shape index (κ3) is 7.12. The number of allylic oxidation sites excluding steroid dienone is 4. The van der Waals surface area contributed by atoms with Gasteiger partial charge in [-0.15, -0.1) is 0 Å². The van der Waals surface area contributed by atoms with Gasteiger partial charge >= 0.3 is 83.9 Å². The summed E-state index contributed by atoms with van der Waals surface area (Å²) >= 11 is 0. The Hall–Kier alpha value is -3.10. The molecule has 0 aromatic heterocycles. The van der Waals surface area contributed by atoms with Crippen LogP contribution in [0.25, 0.3) is 0 Å². The van der Waals surface area contributed by atoms with Gasteiger partial charge in [-0.05, 0) is 0 Å². The molecule has 1 nitrogen and oxygen atoms in total. The molecule has 0 fully saturated rings. The standard InChI is InChI=1S/C18F34O/c19-1(7(25,26)27)3(5(21,22)9(31,32)11(35,36)13(39,40)15(43,44)17(47,48)49)53-4(2(20)8(28,29)30)6(23,24)10(33,34)12(37,38)14(41,42)16(45,46)18(50,51)52. The second-order valence-electron chi connectivity index (χ2n) is 9.12. The van der Waals surface area contributed by atoms with E-state index in [4.69, 9.17) is 0 Å². The third-order valence-corrected chi connectivity index (χ3v) is 5.54. The highest BCUT2D eigenvalue weighted by atomic mass is 19.5. The van der Waals surface area contributed by atoms with Crippen LogP contribution in [0.5, 0.6) is 0 Å². The van der Waals surface area contributed by atoms with E-state index in [2.05, 4.69) is 0 Å². The van der Waals surface area contributed by atoms with Crippen molar-refractivity contribution in [2.75, 3.05) is 0 Å². The number of rotatable bonds is 12. The molecule has 0 aliphatic rings. The number of hydrogen-bond donors (Lipinski definition) is 0. The van der Waals surface area contributed by atoms with Gasteiger partial charge in [0.2, 0.25) is 23.2 Å². The average molecular weight is 878 g/mol. The molecule has 0 radical (unpaired) electrons. The van der Waals surface area contributed by atoms with Gasteiger partial charge in [-0.2, -0.15) is 149 Å². The molecule has 0 bridgehead atoms. The van der Waals surface area contributed by atoms with Crippen LogP contribution in [0, 0.1) is 0 Å². The predicted molar refractivity (Wildman–Crippen MR) is 91.0 cm³/mol. The molecule has 316 valence electrons. The first-order valence-corrected chi connectivity index (χ1v) is 10.8. The Morgan fingerprint density at radius 2 is 0.415 bits per heavy atom. The first-order valence-electron chi connectivity index (χ1n) is 10.8. The molecule has 0 spiro atoms. The molecule has 0 rings (SSSR count). The summed E-state index contributed by atoms with van der Waals surface area (Å²) in [5.74, 6) is -119. The number of hydrogen-bond acceptors (Lipinski definition) is 1. The molecule has 35 heteroatoms. The van der Waals surface area contributed by atoms with Crippen LogP contribution in [-0.4, -0.2) is 83.9 Å². The molecule has 0 unspecified atom stereocenters. The van der Waals surface area contributed by atoms with E-state index in [1.807, 2.05) is 0 Å². The second kappa shape index (κ2) is 12.7. The zero-order valence-electron chi connectivity index (χ0n) is 22.3. The van der Waals surface area contributed by atoms with Crippen molar-refractivity contribution in [1.82, 2.24) is 0 Å². The molecular weight excluding hydrogens is 878 g/mol. The zero-order chi connectivity index (χ0) is 44.0. The summed E-state index contributed by atoms with van der Waals surface area (Å²) in [6.45, 7) is 0. The van der Waals surface area contributed by atoms with Gasteiger partial charge in [0.1, 0.15) is 0 Å². The lowest BCUT2D eigenvalue weighted by molar-refractivity contribution is -0.440. The lowest BCUT2D eigenvalue weighted by Crippen LogP contribution is -2.71. The number of alkyl halides is 32. The lowest BCUT2D eigenvalue weighted by Gasteiger charge is -2.41. The van der Waals surface area contributed by atoms with Gasteiger partial charge in [0.05, 0.1) is 0 Å². The highest BCUT2D eigenvalue weighted by Gasteiger charge is 2.93. The van der Waals surface area contributed by atoms with Gasteiger partial charge in [0, 0.05) is 0 Å². The predicted octanol–water partition coefficient (Wildman–Crippen LogP) is 12.0. The van der Waals surface area contributed by atoms with Gasteiger partial charge in [0.25, 0.3) is 0 Å². The van der Waals surface area contributed by atoms with Crippen molar-refractivity contribution in [3.05, 3.63) is 23.2 Å². The summed E-state index contributed by atoms with van der Waals surface area (Å²) < 4.78 is 451. The fourth-order valence-corrected chi connectivity index (χ4v) is 2.68. The second-order valence-corrected chi connectivity index (χ2v) is 9.12. The molecule has 53 heavy (non-hydrogen) atoms. The Balaban J connectivity index is 8.48. The molecule has 0 aromatic carbocycles. The molecule has 0 aromatic rings. The Morgan fingerprint density at radius 1 is 0.245 bits per heavy atom. The highest BCUT2D eigenvalue weighted by molar-refractivity contribution is 5.30. The number of ether oxygens (including phenoxy) is 1. The summed E-state index contributed by atoms with van der Waals surface area (Å²) in [5, 5.41) is 0. The minimum Gasteiger partial charge on any atom is -0.447 e. The Bertz CT molecular complexity index is 1300. The molecule has 0 aliphatic heterocycles. The summed E-state index contributed by atoms with van der Waals surface area (Å²) in [6.07, 6.45) is -33.1. The maximum absolute atomic E-state index is 14.3. The monoisotopic (exact) mass is 878 g/mol.